The maximum absolute atomic E-state index is 13.1. The van der Waals surface area contributed by atoms with Crippen molar-refractivity contribution < 1.29 is 18.0 Å². The van der Waals surface area contributed by atoms with Gasteiger partial charge in [-0.1, -0.05) is 0 Å². The van der Waals surface area contributed by atoms with E-state index in [0.29, 0.717) is 19.6 Å². The molecule has 1 amide bonds. The fraction of sp³-hybridized carbons (Fsp3) is 0.500. The van der Waals surface area contributed by atoms with E-state index in [1.54, 1.807) is 12.6 Å². The third kappa shape index (κ3) is 2.60. The smallest absolute Gasteiger partial charge is 0.282 e. The minimum absolute atomic E-state index is 0.255. The van der Waals surface area contributed by atoms with Crippen LogP contribution in [-0.2, 0) is 24.9 Å². The van der Waals surface area contributed by atoms with Crippen LogP contribution in [-0.4, -0.2) is 50.8 Å². The van der Waals surface area contributed by atoms with Gasteiger partial charge in [0, 0.05) is 20.1 Å². The van der Waals surface area contributed by atoms with Gasteiger partial charge in [0.1, 0.15) is 5.76 Å². The molecule has 1 saturated heterocycles. The summed E-state index contributed by atoms with van der Waals surface area (Å²) in [6.45, 7) is 0.648. The Bertz CT molecular complexity index is 748. The standard InChI is InChI=1S/C16H18F2N4O2/c1-20-10-19-13-7-21(5-11-3-2-4-24-11)6-12(14(13)20)15(23)22-8-16(17,18)9-22/h2-4,10,12H,5-9H2,1H3. The Morgan fingerprint density at radius 3 is 2.92 bits per heavy atom. The molecule has 0 saturated carbocycles. The molecule has 4 rings (SSSR count). The molecule has 2 aliphatic rings. The number of amides is 1. The summed E-state index contributed by atoms with van der Waals surface area (Å²) in [5.41, 5.74) is 1.65. The quantitative estimate of drug-likeness (QED) is 0.854. The molecule has 2 aromatic heterocycles. The van der Waals surface area contributed by atoms with Crippen LogP contribution in [0.5, 0.6) is 0 Å². The Kier molecular flexibility index (Phi) is 3.45. The van der Waals surface area contributed by atoms with Crippen LogP contribution in [0.2, 0.25) is 0 Å². The van der Waals surface area contributed by atoms with Crippen LogP contribution in [0.15, 0.2) is 29.1 Å². The molecule has 8 heteroatoms. The van der Waals surface area contributed by atoms with Crippen molar-refractivity contribution in [3.8, 4) is 0 Å². The summed E-state index contributed by atoms with van der Waals surface area (Å²) in [5, 5.41) is 0. The van der Waals surface area contributed by atoms with Crippen molar-refractivity contribution in [1.82, 2.24) is 19.4 Å². The average molecular weight is 336 g/mol. The zero-order valence-electron chi connectivity index (χ0n) is 13.3. The highest BCUT2D eigenvalue weighted by molar-refractivity contribution is 5.85. The second kappa shape index (κ2) is 5.41. The van der Waals surface area contributed by atoms with E-state index in [-0.39, 0.29) is 5.91 Å². The summed E-state index contributed by atoms with van der Waals surface area (Å²) in [5.74, 6) is -2.69. The molecular weight excluding hydrogens is 318 g/mol. The van der Waals surface area contributed by atoms with Gasteiger partial charge in [-0.25, -0.2) is 13.8 Å². The highest BCUT2D eigenvalue weighted by Crippen LogP contribution is 2.34. The number of nitrogens with zero attached hydrogens (tertiary/aromatic N) is 4. The van der Waals surface area contributed by atoms with Crippen LogP contribution in [0, 0.1) is 0 Å². The monoisotopic (exact) mass is 336 g/mol. The number of carbonyl (C=O) groups excluding carboxylic acids is 1. The van der Waals surface area contributed by atoms with Gasteiger partial charge in [-0.15, -0.1) is 0 Å². The van der Waals surface area contributed by atoms with Gasteiger partial charge in [0.15, 0.2) is 0 Å². The predicted octanol–water partition coefficient (Wildman–Crippen LogP) is 1.59. The van der Waals surface area contributed by atoms with Gasteiger partial charge < -0.3 is 13.9 Å². The van der Waals surface area contributed by atoms with Crippen LogP contribution in [0.25, 0.3) is 0 Å². The van der Waals surface area contributed by atoms with E-state index in [0.717, 1.165) is 17.1 Å². The van der Waals surface area contributed by atoms with Gasteiger partial charge in [0.25, 0.3) is 5.92 Å². The van der Waals surface area contributed by atoms with Gasteiger partial charge >= 0.3 is 0 Å². The number of likely N-dealkylation sites (tertiary alicyclic amines) is 1. The van der Waals surface area contributed by atoms with Crippen molar-refractivity contribution in [3.63, 3.8) is 0 Å². The van der Waals surface area contributed by atoms with Crippen molar-refractivity contribution >= 4 is 5.91 Å². The van der Waals surface area contributed by atoms with E-state index in [4.69, 9.17) is 4.42 Å². The lowest BCUT2D eigenvalue weighted by Crippen LogP contribution is -2.60. The molecule has 1 atom stereocenters. The molecule has 1 fully saturated rings. The maximum atomic E-state index is 13.1. The normalized spacial score (nSPS) is 23.0. The Morgan fingerprint density at radius 2 is 2.25 bits per heavy atom. The molecule has 0 bridgehead atoms. The third-order valence-corrected chi connectivity index (χ3v) is 4.62. The van der Waals surface area contributed by atoms with E-state index in [1.165, 1.54) is 4.90 Å². The van der Waals surface area contributed by atoms with Gasteiger partial charge in [0.2, 0.25) is 5.91 Å². The number of halogens is 2. The number of aryl methyl sites for hydroxylation is 1. The molecule has 0 aromatic carbocycles. The zero-order chi connectivity index (χ0) is 16.9. The highest BCUT2D eigenvalue weighted by Gasteiger charge is 2.49. The molecule has 128 valence electrons. The molecule has 0 radical (unpaired) electrons. The second-order valence-electron chi connectivity index (χ2n) is 6.54. The lowest BCUT2D eigenvalue weighted by Gasteiger charge is -2.42. The van der Waals surface area contributed by atoms with Crippen molar-refractivity contribution in [1.29, 1.82) is 0 Å². The number of hydrogen-bond donors (Lipinski definition) is 0. The summed E-state index contributed by atoms with van der Waals surface area (Å²) in [6.07, 6.45) is 3.28. The average Bonchev–Trinajstić information content (AvgIpc) is 3.14. The lowest BCUT2D eigenvalue weighted by atomic mass is 9.94. The summed E-state index contributed by atoms with van der Waals surface area (Å²) in [6, 6.07) is 3.69. The summed E-state index contributed by atoms with van der Waals surface area (Å²) in [7, 11) is 1.83. The number of imidazole rings is 1. The van der Waals surface area contributed by atoms with Gasteiger partial charge in [-0.05, 0) is 12.1 Å². The Labute approximate surface area is 137 Å². The van der Waals surface area contributed by atoms with Crippen LogP contribution >= 0.6 is 0 Å². The van der Waals surface area contributed by atoms with Crippen molar-refractivity contribution in [2.45, 2.75) is 24.9 Å². The number of aromatic nitrogens is 2. The number of rotatable bonds is 3. The SMILES string of the molecule is Cn1cnc2c1C(C(=O)N1CC(F)(F)C1)CN(Cc1ccco1)C2. The number of carbonyl (C=O) groups is 1. The molecule has 6 nitrogen and oxygen atoms in total. The van der Waals surface area contributed by atoms with Crippen molar-refractivity contribution in [2.24, 2.45) is 7.05 Å². The lowest BCUT2D eigenvalue weighted by molar-refractivity contribution is -0.168. The Hall–Kier alpha value is -2.22. The third-order valence-electron chi connectivity index (χ3n) is 4.62. The summed E-state index contributed by atoms with van der Waals surface area (Å²) < 4.78 is 33.4. The molecule has 1 unspecified atom stereocenters. The zero-order valence-corrected chi connectivity index (χ0v) is 13.3. The second-order valence-corrected chi connectivity index (χ2v) is 6.54. The molecule has 0 spiro atoms. The molecule has 0 aliphatic carbocycles. The van der Waals surface area contributed by atoms with Crippen LogP contribution in [0.3, 0.4) is 0 Å². The first-order valence-electron chi connectivity index (χ1n) is 7.84. The maximum Gasteiger partial charge on any atom is 0.282 e. The van der Waals surface area contributed by atoms with Crippen LogP contribution < -0.4 is 0 Å². The largest absolute Gasteiger partial charge is 0.468 e. The first-order chi connectivity index (χ1) is 11.4. The number of hydrogen-bond acceptors (Lipinski definition) is 4. The Morgan fingerprint density at radius 1 is 1.46 bits per heavy atom. The first-order valence-corrected chi connectivity index (χ1v) is 7.84. The summed E-state index contributed by atoms with van der Waals surface area (Å²) >= 11 is 0. The summed E-state index contributed by atoms with van der Waals surface area (Å²) in [4.78, 5) is 20.4. The van der Waals surface area contributed by atoms with Crippen molar-refractivity contribution in [2.75, 3.05) is 19.6 Å². The highest BCUT2D eigenvalue weighted by atomic mass is 19.3. The first kappa shape index (κ1) is 15.3. The van der Waals surface area contributed by atoms with E-state index >= 15 is 0 Å². The van der Waals surface area contributed by atoms with E-state index in [9.17, 15) is 13.6 Å². The van der Waals surface area contributed by atoms with Gasteiger partial charge in [0.05, 0.1) is 49.5 Å². The van der Waals surface area contributed by atoms with Gasteiger partial charge in [-0.2, -0.15) is 0 Å². The minimum atomic E-state index is -2.76. The molecule has 2 aliphatic heterocycles. The molecule has 2 aromatic rings. The molecule has 4 heterocycles. The number of fused-ring (bicyclic) bond motifs is 1. The van der Waals surface area contributed by atoms with Crippen molar-refractivity contribution in [3.05, 3.63) is 41.9 Å². The number of alkyl halides is 2. The topological polar surface area (TPSA) is 54.5 Å². The minimum Gasteiger partial charge on any atom is -0.468 e. The van der Waals surface area contributed by atoms with Crippen LogP contribution in [0.4, 0.5) is 8.78 Å². The molecular formula is C16H18F2N4O2. The fourth-order valence-corrected chi connectivity index (χ4v) is 3.50. The number of furan rings is 1. The van der Waals surface area contributed by atoms with Gasteiger partial charge in [-0.3, -0.25) is 9.69 Å². The predicted molar refractivity (Wildman–Crippen MR) is 80.3 cm³/mol. The Balaban J connectivity index is 1.57. The molecule has 24 heavy (non-hydrogen) atoms. The molecule has 0 N–H and O–H groups in total. The van der Waals surface area contributed by atoms with E-state index in [2.05, 4.69) is 9.88 Å². The van der Waals surface area contributed by atoms with E-state index in [1.807, 2.05) is 23.7 Å². The van der Waals surface area contributed by atoms with E-state index < -0.39 is 24.9 Å². The van der Waals surface area contributed by atoms with Crippen LogP contribution in [0.1, 0.15) is 23.1 Å². The fourth-order valence-electron chi connectivity index (χ4n) is 3.50.